The lowest BCUT2D eigenvalue weighted by Gasteiger charge is -2.12. The number of hydrogen-bond acceptors (Lipinski definition) is 6. The third kappa shape index (κ3) is 4.70. The summed E-state index contributed by atoms with van der Waals surface area (Å²) in [6.07, 6.45) is 5.23. The molecule has 0 bridgehead atoms. The van der Waals surface area contributed by atoms with Crippen molar-refractivity contribution in [1.29, 1.82) is 0 Å². The summed E-state index contributed by atoms with van der Waals surface area (Å²) in [6, 6.07) is 27.5. The van der Waals surface area contributed by atoms with Gasteiger partial charge in [0, 0.05) is 35.4 Å². The molecule has 0 amide bonds. The van der Waals surface area contributed by atoms with Crippen molar-refractivity contribution in [3.63, 3.8) is 0 Å². The molecule has 5 rings (SSSR count). The molecule has 5 aromatic rings. The molecule has 1 N–H and O–H groups in total. The summed E-state index contributed by atoms with van der Waals surface area (Å²) in [5.41, 5.74) is 5.71. The molecule has 160 valence electrons. The van der Waals surface area contributed by atoms with Crippen molar-refractivity contribution in [3.05, 3.63) is 109 Å². The fraction of sp³-hybridized carbons (Fsp3) is 0.0370. The molecule has 0 saturated carbocycles. The quantitative estimate of drug-likeness (QED) is 0.333. The van der Waals surface area contributed by atoms with E-state index < -0.39 is 0 Å². The van der Waals surface area contributed by atoms with E-state index in [0.717, 1.165) is 33.6 Å². The van der Waals surface area contributed by atoms with Crippen LogP contribution in [0.25, 0.3) is 22.4 Å². The maximum atomic E-state index is 6.07. The lowest BCUT2D eigenvalue weighted by atomic mass is 10.1. The van der Waals surface area contributed by atoms with Crippen molar-refractivity contribution in [2.75, 3.05) is 5.32 Å². The summed E-state index contributed by atoms with van der Waals surface area (Å²) in [4.78, 5) is 8.49. The van der Waals surface area contributed by atoms with Gasteiger partial charge >= 0.3 is 0 Å². The molecular weight excluding hydrogens is 410 g/mol. The Balaban J connectivity index is 1.31. The Morgan fingerprint density at radius 3 is 2.27 bits per heavy atom. The van der Waals surface area contributed by atoms with Crippen LogP contribution in [0.1, 0.15) is 5.56 Å². The molecule has 0 fully saturated rings. The zero-order chi connectivity index (χ0) is 22.5. The van der Waals surface area contributed by atoms with Crippen molar-refractivity contribution in [2.45, 2.75) is 6.92 Å². The maximum absolute atomic E-state index is 6.07. The molecule has 2 aromatic carbocycles. The molecule has 3 heterocycles. The minimum atomic E-state index is 0.544. The van der Waals surface area contributed by atoms with Crippen LogP contribution in [0.4, 0.5) is 11.5 Å². The van der Waals surface area contributed by atoms with Gasteiger partial charge in [0.15, 0.2) is 5.82 Å². The minimum Gasteiger partial charge on any atom is -0.438 e. The average Bonchev–Trinajstić information content (AvgIpc) is 2.88. The van der Waals surface area contributed by atoms with Crippen molar-refractivity contribution in [3.8, 4) is 34.0 Å². The van der Waals surface area contributed by atoms with E-state index in [9.17, 15) is 0 Å². The zero-order valence-electron chi connectivity index (χ0n) is 18.0. The standard InChI is InChI=1S/C27H21N5O/c1-19-18-25(21-6-3-2-4-7-21)31-32-26(19)30-22-9-11-23(12-10-22)33-27-24(8-5-15-29-27)20-13-16-28-17-14-20/h2-18H,1H3,(H,30,32). The Morgan fingerprint density at radius 2 is 1.52 bits per heavy atom. The molecule has 0 aliphatic heterocycles. The van der Waals surface area contributed by atoms with Crippen LogP contribution in [0.2, 0.25) is 0 Å². The number of aromatic nitrogens is 4. The number of pyridine rings is 2. The molecule has 6 nitrogen and oxygen atoms in total. The topological polar surface area (TPSA) is 72.8 Å². The van der Waals surface area contributed by atoms with Crippen LogP contribution in [-0.4, -0.2) is 20.2 Å². The van der Waals surface area contributed by atoms with E-state index >= 15 is 0 Å². The van der Waals surface area contributed by atoms with Gasteiger partial charge in [0.1, 0.15) is 5.75 Å². The Hall–Kier alpha value is -4.58. The van der Waals surface area contributed by atoms with Gasteiger partial charge in [0.05, 0.1) is 5.69 Å². The number of anilines is 2. The number of aryl methyl sites for hydroxylation is 1. The number of rotatable bonds is 6. The fourth-order valence-corrected chi connectivity index (χ4v) is 3.44. The van der Waals surface area contributed by atoms with Gasteiger partial charge in [-0.25, -0.2) is 4.98 Å². The van der Waals surface area contributed by atoms with Crippen LogP contribution in [-0.2, 0) is 0 Å². The Kier molecular flexibility index (Phi) is 5.72. The highest BCUT2D eigenvalue weighted by Crippen LogP contribution is 2.31. The largest absolute Gasteiger partial charge is 0.438 e. The van der Waals surface area contributed by atoms with E-state index in [4.69, 9.17) is 4.74 Å². The number of hydrogen-bond donors (Lipinski definition) is 1. The molecule has 0 unspecified atom stereocenters. The van der Waals surface area contributed by atoms with Crippen LogP contribution in [0, 0.1) is 6.92 Å². The molecule has 0 atom stereocenters. The van der Waals surface area contributed by atoms with Crippen LogP contribution in [0.3, 0.4) is 0 Å². The maximum Gasteiger partial charge on any atom is 0.227 e. The number of nitrogens with one attached hydrogen (secondary N) is 1. The minimum absolute atomic E-state index is 0.544. The first-order valence-corrected chi connectivity index (χ1v) is 10.6. The first kappa shape index (κ1) is 20.3. The second-order valence-corrected chi connectivity index (χ2v) is 7.47. The first-order chi connectivity index (χ1) is 16.3. The predicted molar refractivity (Wildman–Crippen MR) is 129 cm³/mol. The Morgan fingerprint density at radius 1 is 0.727 bits per heavy atom. The summed E-state index contributed by atoms with van der Waals surface area (Å²) in [6.45, 7) is 2.02. The van der Waals surface area contributed by atoms with Gasteiger partial charge in [-0.1, -0.05) is 30.3 Å². The first-order valence-electron chi connectivity index (χ1n) is 10.6. The summed E-state index contributed by atoms with van der Waals surface area (Å²) in [5.74, 6) is 1.95. The normalized spacial score (nSPS) is 10.6. The lowest BCUT2D eigenvalue weighted by Crippen LogP contribution is -2.00. The van der Waals surface area contributed by atoms with Crippen LogP contribution < -0.4 is 10.1 Å². The van der Waals surface area contributed by atoms with Crippen molar-refractivity contribution in [1.82, 2.24) is 20.2 Å². The molecule has 0 aliphatic rings. The van der Waals surface area contributed by atoms with Crippen LogP contribution in [0.15, 0.2) is 104 Å². The third-order valence-corrected chi connectivity index (χ3v) is 5.15. The molecule has 0 spiro atoms. The van der Waals surface area contributed by atoms with Gasteiger partial charge in [-0.3, -0.25) is 4.98 Å². The monoisotopic (exact) mass is 431 g/mol. The predicted octanol–water partition coefficient (Wildman–Crippen LogP) is 6.44. The van der Waals surface area contributed by atoms with Crippen LogP contribution in [0.5, 0.6) is 11.6 Å². The summed E-state index contributed by atoms with van der Waals surface area (Å²) < 4.78 is 6.07. The molecule has 6 heteroatoms. The third-order valence-electron chi connectivity index (χ3n) is 5.15. The molecule has 33 heavy (non-hydrogen) atoms. The van der Waals surface area contributed by atoms with E-state index in [-0.39, 0.29) is 0 Å². The van der Waals surface area contributed by atoms with Crippen molar-refractivity contribution >= 4 is 11.5 Å². The smallest absolute Gasteiger partial charge is 0.227 e. The lowest BCUT2D eigenvalue weighted by molar-refractivity contribution is 0.465. The Labute approximate surface area is 192 Å². The van der Waals surface area contributed by atoms with Gasteiger partial charge in [-0.2, -0.15) is 0 Å². The SMILES string of the molecule is Cc1cc(-c2ccccc2)nnc1Nc1ccc(Oc2ncccc2-c2ccncc2)cc1. The molecule has 0 radical (unpaired) electrons. The second kappa shape index (κ2) is 9.28. The number of nitrogens with zero attached hydrogens (tertiary/aromatic N) is 4. The van der Waals surface area contributed by atoms with E-state index in [0.29, 0.717) is 17.4 Å². The molecule has 0 aliphatic carbocycles. The van der Waals surface area contributed by atoms with E-state index in [1.54, 1.807) is 18.6 Å². The molecular formula is C27H21N5O. The summed E-state index contributed by atoms with van der Waals surface area (Å²) in [7, 11) is 0. The van der Waals surface area contributed by atoms with Gasteiger partial charge in [-0.15, -0.1) is 10.2 Å². The molecule has 3 aromatic heterocycles. The molecule has 0 saturated heterocycles. The van der Waals surface area contributed by atoms with Gasteiger partial charge in [0.25, 0.3) is 0 Å². The summed E-state index contributed by atoms with van der Waals surface area (Å²) >= 11 is 0. The number of benzene rings is 2. The highest BCUT2D eigenvalue weighted by atomic mass is 16.5. The van der Waals surface area contributed by atoms with Crippen LogP contribution >= 0.6 is 0 Å². The average molecular weight is 431 g/mol. The highest BCUT2D eigenvalue weighted by molar-refractivity contribution is 5.69. The number of ether oxygens (including phenoxy) is 1. The second-order valence-electron chi connectivity index (χ2n) is 7.47. The zero-order valence-corrected chi connectivity index (χ0v) is 18.0. The van der Waals surface area contributed by atoms with Crippen molar-refractivity contribution in [2.24, 2.45) is 0 Å². The fourth-order valence-electron chi connectivity index (χ4n) is 3.44. The van der Waals surface area contributed by atoms with Crippen molar-refractivity contribution < 1.29 is 4.74 Å². The Bertz CT molecular complexity index is 1360. The highest BCUT2D eigenvalue weighted by Gasteiger charge is 2.09. The van der Waals surface area contributed by atoms with E-state index in [1.807, 2.05) is 91.9 Å². The van der Waals surface area contributed by atoms with E-state index in [2.05, 4.69) is 25.5 Å². The van der Waals surface area contributed by atoms with Gasteiger partial charge in [0.2, 0.25) is 5.88 Å². The van der Waals surface area contributed by atoms with Gasteiger partial charge < -0.3 is 10.1 Å². The summed E-state index contributed by atoms with van der Waals surface area (Å²) in [5, 5.41) is 12.1. The van der Waals surface area contributed by atoms with E-state index in [1.165, 1.54) is 0 Å². The van der Waals surface area contributed by atoms with Gasteiger partial charge in [-0.05, 0) is 72.6 Å².